The highest BCUT2D eigenvalue weighted by Crippen LogP contribution is 2.33. The second-order valence-electron chi connectivity index (χ2n) is 3.17. The number of benzene rings is 1. The Labute approximate surface area is 83.1 Å². The molecule has 0 unspecified atom stereocenters. The SMILES string of the molecule is COc1cc(CNO)c(C)c(C)c1O. The van der Waals surface area contributed by atoms with Gasteiger partial charge in [0, 0.05) is 6.54 Å². The Bertz CT molecular complexity index is 337. The lowest BCUT2D eigenvalue weighted by atomic mass is 10.0. The van der Waals surface area contributed by atoms with Gasteiger partial charge in [-0.3, -0.25) is 0 Å². The highest BCUT2D eigenvalue weighted by atomic mass is 16.5. The van der Waals surface area contributed by atoms with Crippen molar-refractivity contribution in [3.05, 3.63) is 22.8 Å². The van der Waals surface area contributed by atoms with Crippen molar-refractivity contribution in [3.8, 4) is 11.5 Å². The zero-order valence-electron chi connectivity index (χ0n) is 8.59. The lowest BCUT2D eigenvalue weighted by Gasteiger charge is -2.13. The molecule has 3 N–H and O–H groups in total. The van der Waals surface area contributed by atoms with Crippen LogP contribution in [0.15, 0.2) is 6.07 Å². The van der Waals surface area contributed by atoms with Crippen LogP contribution in [0.2, 0.25) is 0 Å². The molecule has 0 fully saturated rings. The van der Waals surface area contributed by atoms with Crippen LogP contribution in [0.4, 0.5) is 0 Å². The van der Waals surface area contributed by atoms with Crippen molar-refractivity contribution < 1.29 is 15.1 Å². The number of hydroxylamine groups is 1. The number of phenolic OH excluding ortho intramolecular Hbond substituents is 1. The molecule has 0 radical (unpaired) electrons. The van der Waals surface area contributed by atoms with Crippen molar-refractivity contribution in [3.63, 3.8) is 0 Å². The largest absolute Gasteiger partial charge is 0.504 e. The van der Waals surface area contributed by atoms with Crippen LogP contribution in [-0.2, 0) is 6.54 Å². The molecule has 0 spiro atoms. The summed E-state index contributed by atoms with van der Waals surface area (Å²) in [5.41, 5.74) is 4.71. The average molecular weight is 197 g/mol. The molecule has 1 rings (SSSR count). The average Bonchev–Trinajstić information content (AvgIpc) is 2.19. The van der Waals surface area contributed by atoms with E-state index in [2.05, 4.69) is 5.48 Å². The Morgan fingerprint density at radius 2 is 2.00 bits per heavy atom. The molecular formula is C10H15NO3. The minimum Gasteiger partial charge on any atom is -0.504 e. The molecule has 0 amide bonds. The zero-order valence-corrected chi connectivity index (χ0v) is 8.59. The lowest BCUT2D eigenvalue weighted by molar-refractivity contribution is 0.161. The fraction of sp³-hybridized carbons (Fsp3) is 0.400. The Morgan fingerprint density at radius 3 is 2.50 bits per heavy atom. The third kappa shape index (κ3) is 1.81. The van der Waals surface area contributed by atoms with E-state index in [0.29, 0.717) is 12.3 Å². The van der Waals surface area contributed by atoms with Crippen molar-refractivity contribution >= 4 is 0 Å². The van der Waals surface area contributed by atoms with Gasteiger partial charge in [-0.2, -0.15) is 0 Å². The van der Waals surface area contributed by atoms with Gasteiger partial charge in [0.05, 0.1) is 7.11 Å². The molecule has 0 saturated heterocycles. The van der Waals surface area contributed by atoms with Gasteiger partial charge >= 0.3 is 0 Å². The van der Waals surface area contributed by atoms with Crippen LogP contribution in [0.1, 0.15) is 16.7 Å². The van der Waals surface area contributed by atoms with Crippen molar-refractivity contribution in [1.82, 2.24) is 5.48 Å². The number of rotatable bonds is 3. The molecule has 1 aromatic rings. The zero-order chi connectivity index (χ0) is 10.7. The van der Waals surface area contributed by atoms with Crippen molar-refractivity contribution in [1.29, 1.82) is 0 Å². The smallest absolute Gasteiger partial charge is 0.161 e. The Balaban J connectivity index is 3.25. The molecule has 0 aromatic heterocycles. The molecular weight excluding hydrogens is 182 g/mol. The summed E-state index contributed by atoms with van der Waals surface area (Å²) in [4.78, 5) is 0. The molecule has 0 aliphatic heterocycles. The standard InChI is InChI=1S/C10H15NO3/c1-6-7(2)10(12)9(14-3)4-8(6)5-11-13/h4,11-13H,5H2,1-3H3. The second-order valence-corrected chi connectivity index (χ2v) is 3.17. The van der Waals surface area contributed by atoms with E-state index in [0.717, 1.165) is 16.7 Å². The van der Waals surface area contributed by atoms with Crippen LogP contribution < -0.4 is 10.2 Å². The van der Waals surface area contributed by atoms with E-state index >= 15 is 0 Å². The molecule has 0 saturated carbocycles. The predicted molar refractivity (Wildman–Crippen MR) is 52.8 cm³/mol. The van der Waals surface area contributed by atoms with Gasteiger partial charge in [-0.05, 0) is 36.6 Å². The minimum absolute atomic E-state index is 0.159. The molecule has 0 aliphatic rings. The van der Waals surface area contributed by atoms with E-state index in [4.69, 9.17) is 9.94 Å². The number of phenols is 1. The van der Waals surface area contributed by atoms with E-state index in [9.17, 15) is 5.11 Å². The maximum absolute atomic E-state index is 9.66. The van der Waals surface area contributed by atoms with E-state index in [1.165, 1.54) is 7.11 Å². The van der Waals surface area contributed by atoms with Crippen molar-refractivity contribution in [2.75, 3.05) is 7.11 Å². The first-order valence-electron chi connectivity index (χ1n) is 4.34. The van der Waals surface area contributed by atoms with E-state index in [-0.39, 0.29) is 5.75 Å². The Kier molecular flexibility index (Phi) is 3.33. The minimum atomic E-state index is 0.159. The molecule has 0 atom stereocenters. The number of hydrogen-bond donors (Lipinski definition) is 3. The highest BCUT2D eigenvalue weighted by molar-refractivity contribution is 5.52. The topological polar surface area (TPSA) is 61.7 Å². The number of nitrogens with one attached hydrogen (secondary N) is 1. The Hall–Kier alpha value is -1.26. The molecule has 0 bridgehead atoms. The molecule has 1 aromatic carbocycles. The van der Waals surface area contributed by atoms with E-state index in [1.54, 1.807) is 6.07 Å². The van der Waals surface area contributed by atoms with Crippen molar-refractivity contribution in [2.45, 2.75) is 20.4 Å². The predicted octanol–water partition coefficient (Wildman–Crippen LogP) is 1.50. The quantitative estimate of drug-likeness (QED) is 0.642. The number of ether oxygens (including phenoxy) is 1. The van der Waals surface area contributed by atoms with Crippen LogP contribution >= 0.6 is 0 Å². The summed E-state index contributed by atoms with van der Waals surface area (Å²) in [5, 5.41) is 18.3. The first-order chi connectivity index (χ1) is 6.61. The number of hydrogen-bond acceptors (Lipinski definition) is 4. The fourth-order valence-corrected chi connectivity index (χ4v) is 1.36. The second kappa shape index (κ2) is 4.30. The third-order valence-corrected chi connectivity index (χ3v) is 2.43. The van der Waals surface area contributed by atoms with Crippen LogP contribution in [0.3, 0.4) is 0 Å². The monoisotopic (exact) mass is 197 g/mol. The summed E-state index contributed by atoms with van der Waals surface area (Å²) < 4.78 is 5.01. The summed E-state index contributed by atoms with van der Waals surface area (Å²) in [7, 11) is 1.50. The first-order valence-corrected chi connectivity index (χ1v) is 4.34. The van der Waals surface area contributed by atoms with Gasteiger partial charge in [-0.15, -0.1) is 0 Å². The summed E-state index contributed by atoms with van der Waals surface area (Å²) in [6.45, 7) is 4.04. The third-order valence-electron chi connectivity index (χ3n) is 2.43. The summed E-state index contributed by atoms with van der Waals surface area (Å²) in [6.07, 6.45) is 0. The van der Waals surface area contributed by atoms with E-state index in [1.807, 2.05) is 13.8 Å². The van der Waals surface area contributed by atoms with Crippen LogP contribution in [0, 0.1) is 13.8 Å². The van der Waals surface area contributed by atoms with Gasteiger partial charge in [-0.1, -0.05) is 0 Å². The fourth-order valence-electron chi connectivity index (χ4n) is 1.36. The number of aromatic hydroxyl groups is 1. The molecule has 4 nitrogen and oxygen atoms in total. The lowest BCUT2D eigenvalue weighted by Crippen LogP contribution is -2.08. The van der Waals surface area contributed by atoms with Gasteiger partial charge in [0.1, 0.15) is 0 Å². The van der Waals surface area contributed by atoms with Gasteiger partial charge in [-0.25, -0.2) is 5.48 Å². The molecule has 14 heavy (non-hydrogen) atoms. The summed E-state index contributed by atoms with van der Waals surface area (Å²) in [6, 6.07) is 1.71. The first kappa shape index (κ1) is 10.8. The summed E-state index contributed by atoms with van der Waals surface area (Å²) >= 11 is 0. The molecule has 78 valence electrons. The highest BCUT2D eigenvalue weighted by Gasteiger charge is 2.11. The molecule has 0 heterocycles. The van der Waals surface area contributed by atoms with Gasteiger partial charge < -0.3 is 15.1 Å². The van der Waals surface area contributed by atoms with Gasteiger partial charge in [0.2, 0.25) is 0 Å². The van der Waals surface area contributed by atoms with Crippen LogP contribution in [0.5, 0.6) is 11.5 Å². The normalized spacial score (nSPS) is 10.3. The van der Waals surface area contributed by atoms with Crippen LogP contribution in [0.25, 0.3) is 0 Å². The molecule has 4 heteroatoms. The summed E-state index contributed by atoms with van der Waals surface area (Å²) in [5.74, 6) is 0.588. The van der Waals surface area contributed by atoms with Crippen LogP contribution in [-0.4, -0.2) is 17.4 Å². The Morgan fingerprint density at radius 1 is 1.36 bits per heavy atom. The van der Waals surface area contributed by atoms with E-state index < -0.39 is 0 Å². The van der Waals surface area contributed by atoms with Gasteiger partial charge in [0.15, 0.2) is 11.5 Å². The maximum Gasteiger partial charge on any atom is 0.161 e. The molecule has 0 aliphatic carbocycles. The van der Waals surface area contributed by atoms with Gasteiger partial charge in [0.25, 0.3) is 0 Å². The number of methoxy groups -OCH3 is 1. The van der Waals surface area contributed by atoms with Crippen molar-refractivity contribution in [2.24, 2.45) is 0 Å². The maximum atomic E-state index is 9.66.